The molecule has 0 spiro atoms. The topological polar surface area (TPSA) is 96.8 Å². The third kappa shape index (κ3) is 6.35. The quantitative estimate of drug-likeness (QED) is 0.108. The SMILES string of the molecule is COC(=O)Cc1ccc(-c2cccc(C(Cc3ccccc3)c3ccc(-c4cc(Cl)ccc4-n4cnnn4)c[n+]3[O-])c2)cc1. The number of rotatable bonds is 9. The lowest BCUT2D eigenvalue weighted by Crippen LogP contribution is -2.34. The van der Waals surface area contributed by atoms with E-state index in [1.54, 1.807) is 23.0 Å². The molecule has 218 valence electrons. The van der Waals surface area contributed by atoms with Gasteiger partial charge in [0.15, 0.2) is 6.20 Å². The Morgan fingerprint density at radius 3 is 2.41 bits per heavy atom. The molecule has 1 unspecified atom stereocenters. The fourth-order valence-electron chi connectivity index (χ4n) is 5.36. The van der Waals surface area contributed by atoms with Gasteiger partial charge in [0.05, 0.1) is 25.1 Å². The van der Waals surface area contributed by atoms with Crippen LogP contribution in [0.15, 0.2) is 122 Å². The van der Waals surface area contributed by atoms with Crippen LogP contribution in [0.3, 0.4) is 0 Å². The molecule has 6 rings (SSSR count). The first-order valence-electron chi connectivity index (χ1n) is 14.0. The Labute approximate surface area is 259 Å². The molecular weight excluding hydrogens is 574 g/mol. The van der Waals surface area contributed by atoms with E-state index in [9.17, 15) is 10.0 Å². The molecule has 8 nitrogen and oxygen atoms in total. The number of benzene rings is 4. The smallest absolute Gasteiger partial charge is 0.309 e. The van der Waals surface area contributed by atoms with Crippen LogP contribution in [-0.4, -0.2) is 33.3 Å². The first kappa shape index (κ1) is 28.8. The minimum Gasteiger partial charge on any atom is -0.618 e. The summed E-state index contributed by atoms with van der Waals surface area (Å²) in [6.07, 6.45) is 3.94. The summed E-state index contributed by atoms with van der Waals surface area (Å²) in [5.41, 5.74) is 7.80. The van der Waals surface area contributed by atoms with Gasteiger partial charge < -0.3 is 9.94 Å². The van der Waals surface area contributed by atoms with Crippen LogP contribution in [0.4, 0.5) is 0 Å². The molecule has 44 heavy (non-hydrogen) atoms. The minimum atomic E-state index is -0.276. The second kappa shape index (κ2) is 12.9. The molecule has 0 amide bonds. The third-order valence-electron chi connectivity index (χ3n) is 7.60. The zero-order valence-corrected chi connectivity index (χ0v) is 24.6. The summed E-state index contributed by atoms with van der Waals surface area (Å²) in [6.45, 7) is 0. The molecule has 0 aliphatic rings. The van der Waals surface area contributed by atoms with E-state index in [2.05, 4.69) is 39.8 Å². The summed E-state index contributed by atoms with van der Waals surface area (Å²) in [7, 11) is 1.39. The standard InChI is InChI=1S/C35H28ClN5O3/c1-44-35(42)19-25-10-12-26(13-11-25)27-8-5-9-28(20-27)31(18-24-6-3-2-4-7-24)34-16-14-29(22-41(34)43)32-21-30(36)15-17-33(32)40-23-37-38-39-40/h2-17,20-23,31H,18-19H2,1H3. The zero-order valence-electron chi connectivity index (χ0n) is 23.9. The van der Waals surface area contributed by atoms with Crippen molar-refractivity contribution in [2.24, 2.45) is 0 Å². The van der Waals surface area contributed by atoms with Crippen LogP contribution in [0.1, 0.15) is 28.3 Å². The van der Waals surface area contributed by atoms with Crippen molar-refractivity contribution in [1.29, 1.82) is 0 Å². The van der Waals surface area contributed by atoms with E-state index in [-0.39, 0.29) is 18.3 Å². The number of carbonyl (C=O) groups is 1. The summed E-state index contributed by atoms with van der Waals surface area (Å²) >= 11 is 6.36. The van der Waals surface area contributed by atoms with Gasteiger partial charge in [0.2, 0.25) is 5.69 Å². The lowest BCUT2D eigenvalue weighted by molar-refractivity contribution is -0.614. The summed E-state index contributed by atoms with van der Waals surface area (Å²) in [4.78, 5) is 11.7. The van der Waals surface area contributed by atoms with E-state index >= 15 is 0 Å². The maximum atomic E-state index is 13.8. The fourth-order valence-corrected chi connectivity index (χ4v) is 5.54. The van der Waals surface area contributed by atoms with Crippen LogP contribution in [0.2, 0.25) is 5.02 Å². The fraction of sp³-hybridized carbons (Fsp3) is 0.114. The molecule has 0 N–H and O–H groups in total. The molecule has 2 aromatic heterocycles. The third-order valence-corrected chi connectivity index (χ3v) is 7.84. The normalized spacial score (nSPS) is 11.7. The Morgan fingerprint density at radius 1 is 0.886 bits per heavy atom. The number of carbonyl (C=O) groups excluding carboxylic acids is 1. The van der Waals surface area contributed by atoms with Crippen LogP contribution in [0, 0.1) is 5.21 Å². The van der Waals surface area contributed by atoms with Crippen LogP contribution in [-0.2, 0) is 22.4 Å². The van der Waals surface area contributed by atoms with Crippen molar-refractivity contribution in [3.63, 3.8) is 0 Å². The summed E-state index contributed by atoms with van der Waals surface area (Å²) in [5, 5.41) is 25.9. The maximum absolute atomic E-state index is 13.8. The highest BCUT2D eigenvalue weighted by Gasteiger charge is 2.24. The van der Waals surface area contributed by atoms with Gasteiger partial charge in [-0.15, -0.1) is 5.10 Å². The predicted molar refractivity (Wildman–Crippen MR) is 168 cm³/mol. The lowest BCUT2D eigenvalue weighted by Gasteiger charge is -2.19. The van der Waals surface area contributed by atoms with Gasteiger partial charge in [-0.3, -0.25) is 4.79 Å². The Bertz CT molecular complexity index is 1890. The molecule has 6 aromatic rings. The van der Waals surface area contributed by atoms with Gasteiger partial charge in [-0.2, -0.15) is 9.41 Å². The summed E-state index contributed by atoms with van der Waals surface area (Å²) in [5.74, 6) is -0.497. The molecular formula is C35H28ClN5O3. The van der Waals surface area contributed by atoms with Crippen LogP contribution in [0.25, 0.3) is 27.9 Å². The molecule has 0 aliphatic carbocycles. The average Bonchev–Trinajstić information content (AvgIpc) is 3.60. The molecule has 2 heterocycles. The Morgan fingerprint density at radius 2 is 1.68 bits per heavy atom. The first-order chi connectivity index (χ1) is 21.5. The number of pyridine rings is 1. The Hall–Kier alpha value is -5.34. The number of nitrogens with zero attached hydrogens (tertiary/aromatic N) is 5. The number of esters is 1. The van der Waals surface area contributed by atoms with Crippen molar-refractivity contribution in [3.05, 3.63) is 154 Å². The number of hydrogen-bond acceptors (Lipinski definition) is 6. The second-order valence-corrected chi connectivity index (χ2v) is 10.8. The van der Waals surface area contributed by atoms with Crippen molar-refractivity contribution in [1.82, 2.24) is 20.2 Å². The monoisotopic (exact) mass is 601 g/mol. The van der Waals surface area contributed by atoms with Gasteiger partial charge >= 0.3 is 5.97 Å². The molecule has 4 aromatic carbocycles. The van der Waals surface area contributed by atoms with E-state index in [4.69, 9.17) is 16.3 Å². The average molecular weight is 602 g/mol. The van der Waals surface area contributed by atoms with Crippen molar-refractivity contribution >= 4 is 17.6 Å². The number of methoxy groups -OCH3 is 1. The largest absolute Gasteiger partial charge is 0.618 e. The van der Waals surface area contributed by atoms with Crippen molar-refractivity contribution in [2.45, 2.75) is 18.8 Å². The number of halogens is 1. The lowest BCUT2D eigenvalue weighted by atomic mass is 9.87. The second-order valence-electron chi connectivity index (χ2n) is 10.4. The molecule has 0 saturated heterocycles. The molecule has 0 radical (unpaired) electrons. The van der Waals surface area contributed by atoms with Gasteiger partial charge in [0, 0.05) is 22.2 Å². The number of aromatic nitrogens is 5. The van der Waals surface area contributed by atoms with Gasteiger partial charge in [-0.1, -0.05) is 90.5 Å². The van der Waals surface area contributed by atoms with Gasteiger partial charge in [0.1, 0.15) is 6.33 Å². The molecule has 9 heteroatoms. The van der Waals surface area contributed by atoms with Gasteiger partial charge in [-0.05, 0) is 68.9 Å². The first-order valence-corrected chi connectivity index (χ1v) is 14.4. The van der Waals surface area contributed by atoms with Gasteiger partial charge in [-0.25, -0.2) is 0 Å². The van der Waals surface area contributed by atoms with Gasteiger partial charge in [0.25, 0.3) is 0 Å². The maximum Gasteiger partial charge on any atom is 0.309 e. The Kier molecular flexibility index (Phi) is 8.43. The van der Waals surface area contributed by atoms with E-state index in [0.717, 1.165) is 38.1 Å². The number of ether oxygens (including phenoxy) is 1. The molecule has 0 fully saturated rings. The molecule has 0 aliphatic heterocycles. The van der Waals surface area contributed by atoms with E-state index in [1.807, 2.05) is 72.8 Å². The van der Waals surface area contributed by atoms with Crippen molar-refractivity contribution in [3.8, 4) is 27.9 Å². The van der Waals surface area contributed by atoms with Crippen LogP contribution >= 0.6 is 11.6 Å². The van der Waals surface area contributed by atoms with Crippen LogP contribution in [0.5, 0.6) is 0 Å². The number of tetrazole rings is 1. The summed E-state index contributed by atoms with van der Waals surface area (Å²) < 4.78 is 7.28. The molecule has 0 bridgehead atoms. The summed E-state index contributed by atoms with van der Waals surface area (Å²) in [6, 6.07) is 35.5. The molecule has 0 saturated carbocycles. The Balaban J connectivity index is 1.38. The minimum absolute atomic E-state index is 0.221. The molecule has 1 atom stereocenters. The van der Waals surface area contributed by atoms with E-state index < -0.39 is 0 Å². The van der Waals surface area contributed by atoms with E-state index in [1.165, 1.54) is 13.4 Å². The number of hydrogen-bond donors (Lipinski definition) is 0. The predicted octanol–water partition coefficient (Wildman–Crippen LogP) is 6.37. The van der Waals surface area contributed by atoms with Crippen molar-refractivity contribution < 1.29 is 14.3 Å². The van der Waals surface area contributed by atoms with E-state index in [0.29, 0.717) is 28.4 Å². The highest BCUT2D eigenvalue weighted by molar-refractivity contribution is 6.31. The van der Waals surface area contributed by atoms with Crippen molar-refractivity contribution in [2.75, 3.05) is 7.11 Å². The highest BCUT2D eigenvalue weighted by atomic mass is 35.5. The van der Waals surface area contributed by atoms with Crippen LogP contribution < -0.4 is 4.73 Å². The highest BCUT2D eigenvalue weighted by Crippen LogP contribution is 2.33. The zero-order chi connectivity index (χ0) is 30.5.